The Balaban J connectivity index is 1.67. The number of carbonyl (C=O) groups excluding carboxylic acids is 1. The topological polar surface area (TPSA) is 54.0 Å². The van der Waals surface area contributed by atoms with Crippen molar-refractivity contribution in [3.63, 3.8) is 0 Å². The van der Waals surface area contributed by atoms with E-state index in [0.29, 0.717) is 16.3 Å². The standard InChI is InChI=1S/C18H13ClF3N3O/c19-14-7-12-10-23-6-5-15(12)16(8-14)25-17(26)24-9-11-1-3-13(4-2-11)18(20,21)22/h1-8,10H,9H2,(H2,24,25,26). The Morgan fingerprint density at radius 2 is 1.85 bits per heavy atom. The number of pyridine rings is 1. The summed E-state index contributed by atoms with van der Waals surface area (Å²) in [4.78, 5) is 16.1. The fourth-order valence-electron chi connectivity index (χ4n) is 2.44. The third-order valence-corrected chi connectivity index (χ3v) is 3.92. The zero-order chi connectivity index (χ0) is 18.7. The van der Waals surface area contributed by atoms with Gasteiger partial charge in [-0.1, -0.05) is 23.7 Å². The van der Waals surface area contributed by atoms with Gasteiger partial charge in [-0.15, -0.1) is 0 Å². The normalized spacial score (nSPS) is 11.4. The van der Waals surface area contributed by atoms with Gasteiger partial charge in [0.15, 0.2) is 0 Å². The molecule has 0 saturated carbocycles. The van der Waals surface area contributed by atoms with Crippen LogP contribution in [0.5, 0.6) is 0 Å². The van der Waals surface area contributed by atoms with E-state index in [4.69, 9.17) is 11.6 Å². The molecule has 2 N–H and O–H groups in total. The van der Waals surface area contributed by atoms with Crippen molar-refractivity contribution in [1.29, 1.82) is 0 Å². The van der Waals surface area contributed by atoms with E-state index in [9.17, 15) is 18.0 Å². The number of alkyl halides is 3. The number of aromatic nitrogens is 1. The van der Waals surface area contributed by atoms with E-state index >= 15 is 0 Å². The molecule has 3 rings (SSSR count). The predicted octanol–water partition coefficient (Wildman–Crippen LogP) is 5.23. The largest absolute Gasteiger partial charge is 0.416 e. The SMILES string of the molecule is O=C(NCc1ccc(C(F)(F)F)cc1)Nc1cc(Cl)cc2cnccc12. The molecule has 0 atom stereocenters. The van der Waals surface area contributed by atoms with Gasteiger partial charge in [0.05, 0.1) is 11.3 Å². The third kappa shape index (κ3) is 4.23. The molecule has 8 heteroatoms. The number of fused-ring (bicyclic) bond motifs is 1. The van der Waals surface area contributed by atoms with Crippen molar-refractivity contribution in [2.24, 2.45) is 0 Å². The molecule has 0 spiro atoms. The molecule has 0 fully saturated rings. The smallest absolute Gasteiger partial charge is 0.334 e. The summed E-state index contributed by atoms with van der Waals surface area (Å²) in [5, 5.41) is 7.29. The molecule has 26 heavy (non-hydrogen) atoms. The summed E-state index contributed by atoms with van der Waals surface area (Å²) in [5.41, 5.74) is 0.331. The molecule has 3 aromatic rings. The van der Waals surface area contributed by atoms with Crippen LogP contribution in [0.15, 0.2) is 54.9 Å². The van der Waals surface area contributed by atoms with Gasteiger partial charge in [0.25, 0.3) is 0 Å². The number of amides is 2. The molecular formula is C18H13ClF3N3O. The Hall–Kier alpha value is -2.80. The molecule has 0 aliphatic rings. The fourth-order valence-corrected chi connectivity index (χ4v) is 2.66. The number of anilines is 1. The fraction of sp³-hybridized carbons (Fsp3) is 0.111. The second kappa shape index (κ2) is 7.21. The maximum Gasteiger partial charge on any atom is 0.416 e. The second-order valence-corrected chi connectivity index (χ2v) is 5.99. The molecule has 1 aromatic heterocycles. The van der Waals surface area contributed by atoms with Crippen LogP contribution in [0.1, 0.15) is 11.1 Å². The van der Waals surface area contributed by atoms with Crippen molar-refractivity contribution in [3.05, 3.63) is 71.0 Å². The average Bonchev–Trinajstić information content (AvgIpc) is 2.59. The number of nitrogens with zero attached hydrogens (tertiary/aromatic N) is 1. The monoisotopic (exact) mass is 379 g/mol. The number of rotatable bonds is 3. The van der Waals surface area contributed by atoms with Gasteiger partial charge in [-0.05, 0) is 35.9 Å². The summed E-state index contributed by atoms with van der Waals surface area (Å²) in [6.45, 7) is 0.0873. The van der Waals surface area contributed by atoms with Crippen LogP contribution in [0.3, 0.4) is 0 Å². The molecule has 4 nitrogen and oxygen atoms in total. The van der Waals surface area contributed by atoms with Gasteiger partial charge in [0, 0.05) is 34.7 Å². The Bertz CT molecular complexity index is 943. The molecular weight excluding hydrogens is 367 g/mol. The Morgan fingerprint density at radius 1 is 1.12 bits per heavy atom. The van der Waals surface area contributed by atoms with Crippen LogP contribution in [-0.2, 0) is 12.7 Å². The van der Waals surface area contributed by atoms with E-state index in [-0.39, 0.29) is 6.54 Å². The first-order valence-electron chi connectivity index (χ1n) is 7.57. The Labute approximate surface area is 152 Å². The van der Waals surface area contributed by atoms with Crippen LogP contribution in [0, 0.1) is 0 Å². The van der Waals surface area contributed by atoms with Crippen molar-refractivity contribution in [1.82, 2.24) is 10.3 Å². The average molecular weight is 380 g/mol. The van der Waals surface area contributed by atoms with Crippen LogP contribution in [-0.4, -0.2) is 11.0 Å². The molecule has 134 valence electrons. The summed E-state index contributed by atoms with van der Waals surface area (Å²) < 4.78 is 37.6. The summed E-state index contributed by atoms with van der Waals surface area (Å²) in [5.74, 6) is 0. The predicted molar refractivity (Wildman–Crippen MR) is 94.1 cm³/mol. The first-order valence-corrected chi connectivity index (χ1v) is 7.95. The van der Waals surface area contributed by atoms with Crippen LogP contribution in [0.25, 0.3) is 10.8 Å². The van der Waals surface area contributed by atoms with E-state index in [1.54, 1.807) is 30.6 Å². The van der Waals surface area contributed by atoms with Crippen molar-refractivity contribution in [2.45, 2.75) is 12.7 Å². The van der Waals surface area contributed by atoms with Gasteiger partial charge < -0.3 is 10.6 Å². The molecule has 1 heterocycles. The molecule has 0 aliphatic carbocycles. The number of benzene rings is 2. The minimum atomic E-state index is -4.38. The summed E-state index contributed by atoms with van der Waals surface area (Å²) in [7, 11) is 0. The first-order chi connectivity index (χ1) is 12.3. The van der Waals surface area contributed by atoms with E-state index in [1.807, 2.05) is 0 Å². The number of hydrogen-bond acceptors (Lipinski definition) is 2. The van der Waals surface area contributed by atoms with E-state index in [1.165, 1.54) is 12.1 Å². The lowest BCUT2D eigenvalue weighted by atomic mass is 10.1. The lowest BCUT2D eigenvalue weighted by Gasteiger charge is -2.11. The highest BCUT2D eigenvalue weighted by atomic mass is 35.5. The van der Waals surface area contributed by atoms with Crippen molar-refractivity contribution in [3.8, 4) is 0 Å². The van der Waals surface area contributed by atoms with E-state index in [0.717, 1.165) is 22.9 Å². The van der Waals surface area contributed by atoms with Crippen LogP contribution in [0.4, 0.5) is 23.7 Å². The van der Waals surface area contributed by atoms with E-state index in [2.05, 4.69) is 15.6 Å². The zero-order valence-corrected chi connectivity index (χ0v) is 14.0. The van der Waals surface area contributed by atoms with Gasteiger partial charge in [0.2, 0.25) is 0 Å². The highest BCUT2D eigenvalue weighted by Gasteiger charge is 2.29. The molecule has 0 radical (unpaired) electrons. The quantitative estimate of drug-likeness (QED) is 0.654. The molecule has 0 saturated heterocycles. The lowest BCUT2D eigenvalue weighted by Crippen LogP contribution is -2.28. The van der Waals surface area contributed by atoms with E-state index < -0.39 is 17.8 Å². The zero-order valence-electron chi connectivity index (χ0n) is 13.3. The number of urea groups is 1. The Kier molecular flexibility index (Phi) is 4.99. The van der Waals surface area contributed by atoms with Crippen molar-refractivity contribution in [2.75, 3.05) is 5.32 Å². The highest BCUT2D eigenvalue weighted by Crippen LogP contribution is 2.29. The van der Waals surface area contributed by atoms with Gasteiger partial charge in [-0.2, -0.15) is 13.2 Å². The maximum atomic E-state index is 12.5. The minimum Gasteiger partial charge on any atom is -0.334 e. The first kappa shape index (κ1) is 18.0. The number of carbonyl (C=O) groups is 1. The summed E-state index contributed by atoms with van der Waals surface area (Å²) in [6, 6.07) is 9.20. The maximum absolute atomic E-state index is 12.5. The number of hydrogen-bond donors (Lipinski definition) is 2. The lowest BCUT2D eigenvalue weighted by molar-refractivity contribution is -0.137. The molecule has 2 aromatic carbocycles. The van der Waals surface area contributed by atoms with Crippen molar-refractivity contribution < 1.29 is 18.0 Å². The van der Waals surface area contributed by atoms with Crippen LogP contribution in [0.2, 0.25) is 5.02 Å². The van der Waals surface area contributed by atoms with Crippen molar-refractivity contribution >= 4 is 34.1 Å². The Morgan fingerprint density at radius 3 is 2.54 bits per heavy atom. The minimum absolute atomic E-state index is 0.0873. The highest BCUT2D eigenvalue weighted by molar-refractivity contribution is 6.32. The van der Waals surface area contributed by atoms with Gasteiger partial charge >= 0.3 is 12.2 Å². The number of nitrogens with one attached hydrogen (secondary N) is 2. The van der Waals surface area contributed by atoms with Crippen LogP contribution < -0.4 is 10.6 Å². The van der Waals surface area contributed by atoms with Crippen LogP contribution >= 0.6 is 11.6 Å². The van der Waals surface area contributed by atoms with Gasteiger partial charge in [-0.3, -0.25) is 4.98 Å². The third-order valence-electron chi connectivity index (χ3n) is 3.70. The molecule has 2 amide bonds. The summed E-state index contributed by atoms with van der Waals surface area (Å²) >= 11 is 6.04. The van der Waals surface area contributed by atoms with Gasteiger partial charge in [0.1, 0.15) is 0 Å². The molecule has 0 bridgehead atoms. The number of halogens is 4. The van der Waals surface area contributed by atoms with Gasteiger partial charge in [-0.25, -0.2) is 4.79 Å². The summed E-state index contributed by atoms with van der Waals surface area (Å²) in [6.07, 6.45) is -1.15. The molecule has 0 aliphatic heterocycles. The second-order valence-electron chi connectivity index (χ2n) is 5.55. The molecule has 0 unspecified atom stereocenters.